The van der Waals surface area contributed by atoms with Gasteiger partial charge in [0.15, 0.2) is 6.20 Å². The lowest BCUT2D eigenvalue weighted by molar-refractivity contribution is -0.612. The van der Waals surface area contributed by atoms with Crippen LogP contribution in [0, 0.1) is 19.1 Å². The van der Waals surface area contributed by atoms with Gasteiger partial charge in [-0.2, -0.15) is 4.73 Å². The zero-order valence-corrected chi connectivity index (χ0v) is 7.70. The van der Waals surface area contributed by atoms with Gasteiger partial charge in [0.2, 0.25) is 5.69 Å². The van der Waals surface area contributed by atoms with Gasteiger partial charge < -0.3 is 5.21 Å². The van der Waals surface area contributed by atoms with E-state index in [4.69, 9.17) is 23.2 Å². The maximum Gasteiger partial charge on any atom is 0.209 e. The summed E-state index contributed by atoms with van der Waals surface area (Å²) in [7, 11) is 0. The summed E-state index contributed by atoms with van der Waals surface area (Å²) in [6, 6.07) is 0. The van der Waals surface area contributed by atoms with E-state index in [2.05, 4.69) is 0 Å². The van der Waals surface area contributed by atoms with Crippen LogP contribution in [0.25, 0.3) is 0 Å². The number of hydrogen-bond donors (Lipinski definition) is 0. The van der Waals surface area contributed by atoms with Gasteiger partial charge in [0.05, 0.1) is 5.02 Å². The molecule has 11 heavy (non-hydrogen) atoms. The maximum atomic E-state index is 11.0. The number of aromatic nitrogens is 1. The Hall–Kier alpha value is -0.470. The minimum atomic E-state index is 0.335. The van der Waals surface area contributed by atoms with Crippen LogP contribution in [0.15, 0.2) is 6.20 Å². The molecule has 0 bridgehead atoms. The van der Waals surface area contributed by atoms with Crippen LogP contribution < -0.4 is 4.73 Å². The molecule has 1 rings (SSSR count). The van der Waals surface area contributed by atoms with Gasteiger partial charge in [-0.25, -0.2) is 0 Å². The minimum absolute atomic E-state index is 0.335. The average molecular weight is 192 g/mol. The van der Waals surface area contributed by atoms with Gasteiger partial charge in [-0.15, -0.1) is 0 Å². The highest BCUT2D eigenvalue weighted by atomic mass is 35.5. The van der Waals surface area contributed by atoms with Crippen molar-refractivity contribution in [1.29, 1.82) is 0 Å². The van der Waals surface area contributed by atoms with Crippen molar-refractivity contribution in [1.82, 2.24) is 0 Å². The summed E-state index contributed by atoms with van der Waals surface area (Å²) in [4.78, 5) is 0. The van der Waals surface area contributed by atoms with E-state index < -0.39 is 0 Å². The van der Waals surface area contributed by atoms with E-state index in [0.717, 1.165) is 0 Å². The predicted molar refractivity (Wildman–Crippen MR) is 44.9 cm³/mol. The molecule has 2 nitrogen and oxygen atoms in total. The standard InChI is InChI=1S/C7H7Cl2NO/c1-4-3-10(11)5(2)7(9)6(4)8/h3H,1-2H3. The van der Waals surface area contributed by atoms with Crippen molar-refractivity contribution in [3.05, 3.63) is 32.7 Å². The summed E-state index contributed by atoms with van der Waals surface area (Å²) in [6.07, 6.45) is 1.41. The van der Waals surface area contributed by atoms with Crippen molar-refractivity contribution in [2.24, 2.45) is 0 Å². The van der Waals surface area contributed by atoms with Crippen molar-refractivity contribution in [2.75, 3.05) is 0 Å². The Morgan fingerprint density at radius 3 is 2.36 bits per heavy atom. The smallest absolute Gasteiger partial charge is 0.209 e. The second kappa shape index (κ2) is 2.88. The van der Waals surface area contributed by atoms with Crippen molar-refractivity contribution in [3.63, 3.8) is 0 Å². The van der Waals surface area contributed by atoms with E-state index in [1.807, 2.05) is 0 Å². The molecule has 0 atom stereocenters. The summed E-state index contributed by atoms with van der Waals surface area (Å²) in [6.45, 7) is 3.36. The van der Waals surface area contributed by atoms with Gasteiger partial charge in [0.25, 0.3) is 0 Å². The van der Waals surface area contributed by atoms with E-state index >= 15 is 0 Å². The number of nitrogens with zero attached hydrogens (tertiary/aromatic N) is 1. The van der Waals surface area contributed by atoms with E-state index in [1.54, 1.807) is 13.8 Å². The third kappa shape index (κ3) is 1.42. The minimum Gasteiger partial charge on any atom is -0.618 e. The van der Waals surface area contributed by atoms with E-state index in [9.17, 15) is 5.21 Å². The number of hydrogen-bond acceptors (Lipinski definition) is 1. The molecule has 0 aliphatic rings. The second-order valence-corrected chi connectivity index (χ2v) is 3.11. The van der Waals surface area contributed by atoms with Gasteiger partial charge in [0.1, 0.15) is 5.02 Å². The first-order valence-corrected chi connectivity index (χ1v) is 3.84. The van der Waals surface area contributed by atoms with Gasteiger partial charge in [-0.05, 0) is 6.92 Å². The number of halogens is 2. The van der Waals surface area contributed by atoms with Crippen LogP contribution >= 0.6 is 23.2 Å². The summed E-state index contributed by atoms with van der Waals surface area (Å²) >= 11 is 11.5. The Morgan fingerprint density at radius 2 is 1.82 bits per heavy atom. The lowest BCUT2D eigenvalue weighted by Crippen LogP contribution is -2.30. The van der Waals surface area contributed by atoms with Gasteiger partial charge in [-0.3, -0.25) is 0 Å². The lowest BCUT2D eigenvalue weighted by atomic mass is 10.3. The molecule has 0 amide bonds. The zero-order chi connectivity index (χ0) is 8.59. The zero-order valence-electron chi connectivity index (χ0n) is 6.19. The Bertz CT molecular complexity index is 273. The first kappa shape index (κ1) is 8.62. The highest BCUT2D eigenvalue weighted by Crippen LogP contribution is 2.25. The van der Waals surface area contributed by atoms with E-state index in [-0.39, 0.29) is 0 Å². The summed E-state index contributed by atoms with van der Waals surface area (Å²) in [5.74, 6) is 0. The van der Waals surface area contributed by atoms with Crippen LogP contribution in [0.3, 0.4) is 0 Å². The molecule has 4 heteroatoms. The summed E-state index contributed by atoms with van der Waals surface area (Å²) in [5.41, 5.74) is 1.12. The molecule has 0 unspecified atom stereocenters. The van der Waals surface area contributed by atoms with Crippen LogP contribution in [0.5, 0.6) is 0 Å². The Morgan fingerprint density at radius 1 is 1.27 bits per heavy atom. The quantitative estimate of drug-likeness (QED) is 0.457. The fourth-order valence-corrected chi connectivity index (χ4v) is 1.18. The molecule has 0 N–H and O–H groups in total. The van der Waals surface area contributed by atoms with Gasteiger partial charge in [0, 0.05) is 12.5 Å². The maximum absolute atomic E-state index is 11.0. The highest BCUT2D eigenvalue weighted by molar-refractivity contribution is 6.42. The van der Waals surface area contributed by atoms with E-state index in [0.29, 0.717) is 26.0 Å². The molecule has 0 aliphatic heterocycles. The topological polar surface area (TPSA) is 26.9 Å². The van der Waals surface area contributed by atoms with Crippen LogP contribution in [0.4, 0.5) is 0 Å². The number of rotatable bonds is 0. The first-order chi connectivity index (χ1) is 5.04. The van der Waals surface area contributed by atoms with Gasteiger partial charge >= 0.3 is 0 Å². The Balaban J connectivity index is 3.46. The molecule has 1 aromatic heterocycles. The van der Waals surface area contributed by atoms with Crippen molar-refractivity contribution in [3.8, 4) is 0 Å². The van der Waals surface area contributed by atoms with Crippen LogP contribution in [0.2, 0.25) is 10.0 Å². The number of aryl methyl sites for hydroxylation is 1. The predicted octanol–water partition coefficient (Wildman–Crippen LogP) is 2.24. The molecule has 0 radical (unpaired) electrons. The van der Waals surface area contributed by atoms with Crippen molar-refractivity contribution < 1.29 is 4.73 Å². The van der Waals surface area contributed by atoms with Crippen LogP contribution in [0.1, 0.15) is 11.3 Å². The fraction of sp³-hybridized carbons (Fsp3) is 0.286. The Kier molecular flexibility index (Phi) is 2.25. The van der Waals surface area contributed by atoms with Gasteiger partial charge in [-0.1, -0.05) is 23.2 Å². The summed E-state index contributed by atoms with van der Waals surface area (Å²) < 4.78 is 0.712. The third-order valence-electron chi connectivity index (χ3n) is 1.50. The highest BCUT2D eigenvalue weighted by Gasteiger charge is 2.12. The summed E-state index contributed by atoms with van der Waals surface area (Å²) in [5, 5.41) is 11.8. The lowest BCUT2D eigenvalue weighted by Gasteiger charge is -2.05. The molecule has 0 fully saturated rings. The first-order valence-electron chi connectivity index (χ1n) is 3.08. The molecular formula is C7H7Cl2NO. The largest absolute Gasteiger partial charge is 0.618 e. The normalized spacial score (nSPS) is 10.2. The fourth-order valence-electron chi connectivity index (χ4n) is 0.758. The van der Waals surface area contributed by atoms with Crippen molar-refractivity contribution in [2.45, 2.75) is 13.8 Å². The molecule has 0 saturated carbocycles. The van der Waals surface area contributed by atoms with Crippen molar-refractivity contribution >= 4 is 23.2 Å². The monoisotopic (exact) mass is 191 g/mol. The molecule has 0 saturated heterocycles. The molecule has 1 aromatic rings. The van der Waals surface area contributed by atoms with Crippen LogP contribution in [-0.2, 0) is 0 Å². The molecular weight excluding hydrogens is 185 g/mol. The average Bonchev–Trinajstić information content (AvgIpc) is 1.97. The van der Waals surface area contributed by atoms with E-state index in [1.165, 1.54) is 6.20 Å². The molecule has 0 spiro atoms. The third-order valence-corrected chi connectivity index (χ3v) is 2.54. The number of pyridine rings is 1. The molecule has 0 aliphatic carbocycles. The van der Waals surface area contributed by atoms with Crippen LogP contribution in [-0.4, -0.2) is 0 Å². The molecule has 0 aromatic carbocycles. The Labute approximate surface area is 74.9 Å². The molecule has 1 heterocycles. The molecule has 60 valence electrons. The second-order valence-electron chi connectivity index (χ2n) is 2.35. The SMILES string of the molecule is Cc1c[n+]([O-])c(C)c(Cl)c1Cl.